The largest absolute Gasteiger partial charge is 0.480 e. The van der Waals surface area contributed by atoms with Gasteiger partial charge in [0.25, 0.3) is 5.91 Å². The Balaban J connectivity index is 2.14. The number of carbonyl (C=O) groups excluding carboxylic acids is 1. The number of ether oxygens (including phenoxy) is 1. The number of benzene rings is 1. The maximum atomic E-state index is 12.3. The molecule has 0 radical (unpaired) electrons. The summed E-state index contributed by atoms with van der Waals surface area (Å²) < 4.78 is 4.87. The number of aliphatic carboxylic acids is 1. The summed E-state index contributed by atoms with van der Waals surface area (Å²) in [5, 5.41) is 14.5. The van der Waals surface area contributed by atoms with E-state index in [1.54, 1.807) is 18.2 Å². The summed E-state index contributed by atoms with van der Waals surface area (Å²) >= 11 is 1.53. The molecule has 0 saturated heterocycles. The van der Waals surface area contributed by atoms with Gasteiger partial charge in [-0.3, -0.25) is 4.79 Å². The number of aryl methyl sites for hydroxylation is 1. The minimum absolute atomic E-state index is 0.211. The summed E-state index contributed by atoms with van der Waals surface area (Å²) in [6.45, 7) is 2.17. The van der Waals surface area contributed by atoms with Crippen molar-refractivity contribution in [3.05, 3.63) is 40.2 Å². The van der Waals surface area contributed by atoms with Gasteiger partial charge in [0.1, 0.15) is 6.04 Å². The molecular weight excluding hydrogens is 316 g/mol. The number of amides is 1. The second-order valence-corrected chi connectivity index (χ2v) is 6.04. The van der Waals surface area contributed by atoms with Crippen LogP contribution in [0, 0.1) is 6.92 Å². The molecule has 6 nitrogen and oxygen atoms in total. The third-order valence-electron chi connectivity index (χ3n) is 3.25. The third kappa shape index (κ3) is 4.61. The maximum Gasteiger partial charge on any atom is 0.326 e. The summed E-state index contributed by atoms with van der Waals surface area (Å²) in [6, 6.07) is 5.99. The Hall–Kier alpha value is -2.25. The van der Waals surface area contributed by atoms with Crippen molar-refractivity contribution < 1.29 is 19.4 Å². The minimum Gasteiger partial charge on any atom is -0.480 e. The topological polar surface area (TPSA) is 88.5 Å². The van der Waals surface area contributed by atoms with Gasteiger partial charge in [0.15, 0.2) is 0 Å². The molecular formula is C16H18N2O4S. The van der Waals surface area contributed by atoms with E-state index in [4.69, 9.17) is 9.84 Å². The maximum absolute atomic E-state index is 12.3. The predicted octanol–water partition coefficient (Wildman–Crippen LogP) is 2.34. The fourth-order valence-electron chi connectivity index (χ4n) is 2.05. The first kappa shape index (κ1) is 17.1. The molecule has 1 amide bonds. The van der Waals surface area contributed by atoms with Gasteiger partial charge in [0, 0.05) is 36.6 Å². The number of hydrogen-bond acceptors (Lipinski definition) is 5. The molecule has 1 aromatic carbocycles. The lowest BCUT2D eigenvalue weighted by molar-refractivity contribution is -0.139. The Morgan fingerprint density at radius 2 is 2.22 bits per heavy atom. The van der Waals surface area contributed by atoms with Crippen LogP contribution >= 0.6 is 11.3 Å². The number of methoxy groups -OCH3 is 1. The van der Waals surface area contributed by atoms with Crippen LogP contribution in [0.3, 0.4) is 0 Å². The SMILES string of the molecule is COCCC(NC(=O)c1cccc(-c2csc(C)n2)c1)C(=O)O. The van der Waals surface area contributed by atoms with Crippen LogP contribution in [0.4, 0.5) is 0 Å². The molecule has 0 saturated carbocycles. The van der Waals surface area contributed by atoms with E-state index in [0.29, 0.717) is 5.56 Å². The highest BCUT2D eigenvalue weighted by atomic mass is 32.1. The zero-order valence-electron chi connectivity index (χ0n) is 12.9. The fraction of sp³-hybridized carbons (Fsp3) is 0.312. The average molecular weight is 334 g/mol. The molecule has 1 unspecified atom stereocenters. The van der Waals surface area contributed by atoms with Crippen LogP contribution in [0.15, 0.2) is 29.6 Å². The van der Waals surface area contributed by atoms with E-state index < -0.39 is 17.9 Å². The quantitative estimate of drug-likeness (QED) is 0.811. The average Bonchev–Trinajstić information content (AvgIpc) is 2.97. The van der Waals surface area contributed by atoms with Crippen LogP contribution in [0.25, 0.3) is 11.3 Å². The van der Waals surface area contributed by atoms with Crippen molar-refractivity contribution in [1.82, 2.24) is 10.3 Å². The van der Waals surface area contributed by atoms with Crippen molar-refractivity contribution in [3.8, 4) is 11.3 Å². The predicted molar refractivity (Wildman–Crippen MR) is 87.7 cm³/mol. The van der Waals surface area contributed by atoms with Gasteiger partial charge in [0.2, 0.25) is 0 Å². The number of hydrogen-bond donors (Lipinski definition) is 2. The Bertz CT molecular complexity index is 699. The second kappa shape index (κ2) is 7.85. The highest BCUT2D eigenvalue weighted by molar-refractivity contribution is 7.09. The van der Waals surface area contributed by atoms with E-state index in [-0.39, 0.29) is 13.0 Å². The molecule has 122 valence electrons. The lowest BCUT2D eigenvalue weighted by Gasteiger charge is -2.14. The number of nitrogens with zero attached hydrogens (tertiary/aromatic N) is 1. The Kier molecular flexibility index (Phi) is 5.84. The highest BCUT2D eigenvalue weighted by Crippen LogP contribution is 2.22. The van der Waals surface area contributed by atoms with Gasteiger partial charge in [-0.2, -0.15) is 0 Å². The van der Waals surface area contributed by atoms with Gasteiger partial charge >= 0.3 is 5.97 Å². The summed E-state index contributed by atoms with van der Waals surface area (Å²) in [7, 11) is 1.49. The molecule has 0 aliphatic rings. The number of carboxylic acid groups (broad SMARTS) is 1. The Labute approximate surface area is 138 Å². The molecule has 0 aliphatic carbocycles. The first-order valence-corrected chi connectivity index (χ1v) is 7.94. The molecule has 0 bridgehead atoms. The van der Waals surface area contributed by atoms with Crippen molar-refractivity contribution in [2.75, 3.05) is 13.7 Å². The fourth-order valence-corrected chi connectivity index (χ4v) is 2.67. The standard InChI is InChI=1S/C16H18N2O4S/c1-10-17-14(9-23-10)11-4-3-5-12(8-11)15(19)18-13(16(20)21)6-7-22-2/h3-5,8-9,13H,6-7H2,1-2H3,(H,18,19)(H,20,21). The van der Waals surface area contributed by atoms with E-state index in [1.165, 1.54) is 18.4 Å². The van der Waals surface area contributed by atoms with Crippen molar-refractivity contribution in [1.29, 1.82) is 0 Å². The number of aromatic nitrogens is 1. The number of carbonyl (C=O) groups is 2. The van der Waals surface area contributed by atoms with Gasteiger partial charge in [-0.15, -0.1) is 11.3 Å². The van der Waals surface area contributed by atoms with Gasteiger partial charge in [0.05, 0.1) is 10.7 Å². The number of nitrogens with one attached hydrogen (secondary N) is 1. The van der Waals surface area contributed by atoms with E-state index in [1.807, 2.05) is 18.4 Å². The number of rotatable bonds is 7. The van der Waals surface area contributed by atoms with Gasteiger partial charge in [-0.1, -0.05) is 12.1 Å². The van der Waals surface area contributed by atoms with E-state index >= 15 is 0 Å². The molecule has 2 rings (SSSR count). The molecule has 2 aromatic rings. The summed E-state index contributed by atoms with van der Waals surface area (Å²) in [6.07, 6.45) is 0.211. The second-order valence-electron chi connectivity index (χ2n) is 4.98. The van der Waals surface area contributed by atoms with Gasteiger partial charge in [-0.25, -0.2) is 9.78 Å². The smallest absolute Gasteiger partial charge is 0.326 e. The zero-order chi connectivity index (χ0) is 16.8. The summed E-state index contributed by atoms with van der Waals surface area (Å²) in [4.78, 5) is 27.9. The van der Waals surface area contributed by atoms with Crippen LogP contribution in [0.5, 0.6) is 0 Å². The highest BCUT2D eigenvalue weighted by Gasteiger charge is 2.20. The van der Waals surface area contributed by atoms with Gasteiger partial charge in [-0.05, 0) is 19.1 Å². The van der Waals surface area contributed by atoms with E-state index in [0.717, 1.165) is 16.3 Å². The lowest BCUT2D eigenvalue weighted by Crippen LogP contribution is -2.41. The molecule has 2 N–H and O–H groups in total. The first-order valence-electron chi connectivity index (χ1n) is 7.06. The van der Waals surface area contributed by atoms with Gasteiger partial charge < -0.3 is 15.2 Å². The summed E-state index contributed by atoms with van der Waals surface area (Å²) in [5.41, 5.74) is 2.03. The van der Waals surface area contributed by atoms with Crippen molar-refractivity contribution in [2.24, 2.45) is 0 Å². The molecule has 0 spiro atoms. The molecule has 23 heavy (non-hydrogen) atoms. The van der Waals surface area contributed by atoms with Crippen LogP contribution in [-0.2, 0) is 9.53 Å². The monoisotopic (exact) mass is 334 g/mol. The Morgan fingerprint density at radius 1 is 1.43 bits per heavy atom. The van der Waals surface area contributed by atoms with E-state index in [2.05, 4.69) is 10.3 Å². The minimum atomic E-state index is -1.08. The first-order chi connectivity index (χ1) is 11.0. The molecule has 1 heterocycles. The summed E-state index contributed by atoms with van der Waals surface area (Å²) in [5.74, 6) is -1.51. The van der Waals surface area contributed by atoms with Crippen LogP contribution in [0.1, 0.15) is 21.8 Å². The molecule has 7 heteroatoms. The molecule has 0 aliphatic heterocycles. The lowest BCUT2D eigenvalue weighted by atomic mass is 10.1. The molecule has 0 fully saturated rings. The Morgan fingerprint density at radius 3 is 2.83 bits per heavy atom. The van der Waals surface area contributed by atoms with Crippen molar-refractivity contribution >= 4 is 23.2 Å². The van der Waals surface area contributed by atoms with Crippen LogP contribution < -0.4 is 5.32 Å². The van der Waals surface area contributed by atoms with Crippen LogP contribution in [0.2, 0.25) is 0 Å². The molecule has 1 aromatic heterocycles. The van der Waals surface area contributed by atoms with Crippen LogP contribution in [-0.4, -0.2) is 41.7 Å². The van der Waals surface area contributed by atoms with Crippen molar-refractivity contribution in [3.63, 3.8) is 0 Å². The zero-order valence-corrected chi connectivity index (χ0v) is 13.7. The number of thiazole rings is 1. The normalized spacial score (nSPS) is 11.9. The third-order valence-corrected chi connectivity index (χ3v) is 4.03. The number of carboxylic acids is 1. The molecule has 1 atom stereocenters. The van der Waals surface area contributed by atoms with Crippen molar-refractivity contribution in [2.45, 2.75) is 19.4 Å². The van der Waals surface area contributed by atoms with E-state index in [9.17, 15) is 9.59 Å².